The van der Waals surface area contributed by atoms with Crippen molar-refractivity contribution in [2.75, 3.05) is 26.9 Å². The zero-order chi connectivity index (χ0) is 37.5. The minimum Gasteiger partial charge on any atom is -0.453 e. The lowest BCUT2D eigenvalue weighted by Crippen LogP contribution is -2.53. The summed E-state index contributed by atoms with van der Waals surface area (Å²) in [6, 6.07) is 24.3. The normalized spacial score (nSPS) is 20.4. The van der Waals surface area contributed by atoms with Gasteiger partial charge >= 0.3 is 6.09 Å². The Labute approximate surface area is 320 Å². The molecule has 4 N–H and O–H groups in total. The number of methoxy groups -OCH3 is 1. The zero-order valence-electron chi connectivity index (χ0n) is 31.6. The van der Waals surface area contributed by atoms with Gasteiger partial charge in [0, 0.05) is 36.8 Å². The number of fused-ring (bicyclic) bond motifs is 6. The Bertz CT molecular complexity index is 2360. The maximum atomic E-state index is 14.1. The first-order chi connectivity index (χ1) is 26.9. The molecule has 4 heterocycles. The predicted octanol–water partition coefficient (Wildman–Crippen LogP) is 8.02. The SMILES string of the molecule is CCCCN(Cc1nc2ccc3cc(-c4ccc5cc(-c6cnc(C7N[C@@H]8CC[C@H]7C8)[nH]6)ccc5c4)ccc3c2[nH]1)C(=O)[C@@H](NC(=O)OC)C1CCOCC1. The number of hydrogen-bond acceptors (Lipinski definition) is 7. The van der Waals surface area contributed by atoms with Crippen LogP contribution < -0.4 is 10.6 Å². The van der Waals surface area contributed by atoms with Crippen molar-refractivity contribution in [2.24, 2.45) is 11.8 Å². The number of H-pyrrole nitrogens is 2. The number of imidazole rings is 2. The molecule has 2 aromatic heterocycles. The fourth-order valence-electron chi connectivity index (χ4n) is 9.12. The molecule has 2 bridgehead atoms. The summed E-state index contributed by atoms with van der Waals surface area (Å²) in [5.74, 6) is 2.32. The van der Waals surface area contributed by atoms with Crippen LogP contribution in [0.3, 0.4) is 0 Å². The van der Waals surface area contributed by atoms with Gasteiger partial charge < -0.3 is 35.0 Å². The molecule has 6 aromatic rings. The van der Waals surface area contributed by atoms with Gasteiger partial charge in [0.25, 0.3) is 0 Å². The third kappa shape index (κ3) is 7.07. The zero-order valence-corrected chi connectivity index (χ0v) is 31.6. The molecular formula is C44H49N7O4. The second kappa shape index (κ2) is 15.1. The summed E-state index contributed by atoms with van der Waals surface area (Å²) in [5, 5.41) is 11.1. The van der Waals surface area contributed by atoms with E-state index >= 15 is 0 Å². The summed E-state index contributed by atoms with van der Waals surface area (Å²) in [6.07, 6.45) is 8.41. The molecule has 2 amide bonds. The Hall–Kier alpha value is -5.26. The van der Waals surface area contributed by atoms with Gasteiger partial charge in [-0.3, -0.25) is 4.79 Å². The molecule has 0 spiro atoms. The maximum Gasteiger partial charge on any atom is 0.407 e. The number of hydrogen-bond donors (Lipinski definition) is 4. The number of carbonyl (C=O) groups is 2. The molecular weight excluding hydrogens is 691 g/mol. The van der Waals surface area contributed by atoms with Crippen molar-refractivity contribution in [3.8, 4) is 22.4 Å². The van der Waals surface area contributed by atoms with Gasteiger partial charge in [-0.2, -0.15) is 0 Å². The van der Waals surface area contributed by atoms with Gasteiger partial charge in [0.1, 0.15) is 17.7 Å². The first kappa shape index (κ1) is 35.4. The number of rotatable bonds is 11. The molecule has 3 aliphatic rings. The number of aromatic nitrogens is 4. The first-order valence-corrected chi connectivity index (χ1v) is 19.9. The minimum atomic E-state index is -0.687. The largest absolute Gasteiger partial charge is 0.453 e. The lowest BCUT2D eigenvalue weighted by atomic mass is 9.90. The molecule has 3 fully saturated rings. The second-order valence-electron chi connectivity index (χ2n) is 15.6. The number of aromatic amines is 2. The van der Waals surface area contributed by atoms with E-state index < -0.39 is 12.1 Å². The van der Waals surface area contributed by atoms with Crippen molar-refractivity contribution in [1.29, 1.82) is 0 Å². The fraction of sp³-hybridized carbons (Fsp3) is 0.409. The Morgan fingerprint density at radius 2 is 1.67 bits per heavy atom. The Morgan fingerprint density at radius 3 is 2.42 bits per heavy atom. The van der Waals surface area contributed by atoms with Gasteiger partial charge in [-0.15, -0.1) is 0 Å². The molecule has 1 aliphatic carbocycles. The smallest absolute Gasteiger partial charge is 0.407 e. The molecule has 11 heteroatoms. The topological polar surface area (TPSA) is 137 Å². The number of benzene rings is 4. The predicted molar refractivity (Wildman–Crippen MR) is 214 cm³/mol. The van der Waals surface area contributed by atoms with Crippen molar-refractivity contribution < 1.29 is 19.1 Å². The molecule has 55 heavy (non-hydrogen) atoms. The Kier molecular flexibility index (Phi) is 9.74. The highest BCUT2D eigenvalue weighted by Gasteiger charge is 2.41. The number of nitrogens with one attached hydrogen (secondary N) is 4. The van der Waals surface area contributed by atoms with E-state index in [0.29, 0.717) is 63.0 Å². The first-order valence-electron chi connectivity index (χ1n) is 19.9. The van der Waals surface area contributed by atoms with Crippen LogP contribution in [0.5, 0.6) is 0 Å². The second-order valence-corrected chi connectivity index (χ2v) is 15.6. The van der Waals surface area contributed by atoms with Crippen LogP contribution in [0.2, 0.25) is 0 Å². The van der Waals surface area contributed by atoms with Gasteiger partial charge in [0.2, 0.25) is 5.91 Å². The number of piperidine rings is 1. The lowest BCUT2D eigenvalue weighted by molar-refractivity contribution is -0.136. The number of carbonyl (C=O) groups excluding carboxylic acids is 2. The number of alkyl carbamates (subject to hydrolysis) is 1. The Balaban J connectivity index is 0.943. The van der Waals surface area contributed by atoms with E-state index in [0.717, 1.165) is 62.9 Å². The molecule has 1 saturated carbocycles. The molecule has 9 rings (SSSR count). The summed E-state index contributed by atoms with van der Waals surface area (Å²) in [5.41, 5.74) is 6.30. The van der Waals surface area contributed by atoms with Crippen LogP contribution in [-0.2, 0) is 20.8 Å². The van der Waals surface area contributed by atoms with Gasteiger partial charge in [0.15, 0.2) is 0 Å². The van der Waals surface area contributed by atoms with Crippen molar-refractivity contribution in [3.05, 3.63) is 84.6 Å². The van der Waals surface area contributed by atoms with Crippen LogP contribution in [-0.4, -0.2) is 75.8 Å². The van der Waals surface area contributed by atoms with Crippen LogP contribution in [0.1, 0.15) is 69.6 Å². The molecule has 2 aliphatic heterocycles. The number of unbranched alkanes of at least 4 members (excludes halogenated alkanes) is 1. The van der Waals surface area contributed by atoms with Crippen molar-refractivity contribution >= 4 is 44.6 Å². The van der Waals surface area contributed by atoms with E-state index in [1.165, 1.54) is 37.1 Å². The molecule has 2 saturated heterocycles. The van der Waals surface area contributed by atoms with Crippen LogP contribution >= 0.6 is 0 Å². The fourth-order valence-corrected chi connectivity index (χ4v) is 9.12. The quantitative estimate of drug-likeness (QED) is 0.106. The maximum absolute atomic E-state index is 14.1. The summed E-state index contributed by atoms with van der Waals surface area (Å²) in [4.78, 5) is 45.1. The molecule has 1 unspecified atom stereocenters. The van der Waals surface area contributed by atoms with Gasteiger partial charge in [-0.1, -0.05) is 55.8 Å². The third-order valence-electron chi connectivity index (χ3n) is 12.2. The third-order valence-corrected chi connectivity index (χ3v) is 12.2. The molecule has 0 radical (unpaired) electrons. The van der Waals surface area contributed by atoms with E-state index in [4.69, 9.17) is 19.4 Å². The Morgan fingerprint density at radius 1 is 0.927 bits per heavy atom. The molecule has 11 nitrogen and oxygen atoms in total. The summed E-state index contributed by atoms with van der Waals surface area (Å²) >= 11 is 0. The van der Waals surface area contributed by atoms with Crippen LogP contribution in [0.4, 0.5) is 4.79 Å². The van der Waals surface area contributed by atoms with Gasteiger partial charge in [0.05, 0.1) is 42.6 Å². The highest BCUT2D eigenvalue weighted by Crippen LogP contribution is 2.42. The number of ether oxygens (including phenoxy) is 2. The average Bonchev–Trinajstić information content (AvgIpc) is 4.06. The van der Waals surface area contributed by atoms with Crippen molar-refractivity contribution in [1.82, 2.24) is 35.5 Å². The highest BCUT2D eigenvalue weighted by molar-refractivity contribution is 6.05. The summed E-state index contributed by atoms with van der Waals surface area (Å²) in [7, 11) is 1.32. The highest BCUT2D eigenvalue weighted by atomic mass is 16.5. The number of nitrogens with zero attached hydrogens (tertiary/aromatic N) is 3. The van der Waals surface area contributed by atoms with Gasteiger partial charge in [-0.25, -0.2) is 14.8 Å². The standard InChI is InChI=1S/C44H49N7O4/c1-3-4-17-51(43(52)40(50-44(53)54-2)26-15-18-55-19-16-26)25-38-47-36-14-11-31-21-30(10-13-35(31)41(36)49-38)27-5-6-29-22-32(8-7-28(29)20-27)37-24-45-42(48-37)39-33-9-12-34(23-33)46-39/h5-8,10-11,13-14,20-22,24,26,33-34,39-40,46H,3-4,9,12,15-19,23,25H2,1-2H3,(H,45,48)(H,47,49)(H,50,53)/t33-,34+,39?,40-/m0/s1. The van der Waals surface area contributed by atoms with Crippen LogP contribution in [0.15, 0.2) is 72.9 Å². The van der Waals surface area contributed by atoms with E-state index in [2.05, 4.69) is 88.2 Å². The average molecular weight is 740 g/mol. The number of amides is 2. The van der Waals surface area contributed by atoms with E-state index in [-0.39, 0.29) is 11.8 Å². The molecule has 4 aromatic carbocycles. The minimum absolute atomic E-state index is 0.0251. The monoisotopic (exact) mass is 739 g/mol. The lowest BCUT2D eigenvalue weighted by Gasteiger charge is -2.33. The van der Waals surface area contributed by atoms with Gasteiger partial charge in [-0.05, 0) is 102 Å². The molecule has 4 atom stereocenters. The van der Waals surface area contributed by atoms with Crippen molar-refractivity contribution in [3.63, 3.8) is 0 Å². The van der Waals surface area contributed by atoms with E-state index in [1.54, 1.807) is 0 Å². The van der Waals surface area contributed by atoms with Crippen LogP contribution in [0.25, 0.3) is 55.0 Å². The van der Waals surface area contributed by atoms with E-state index in [1.807, 2.05) is 17.2 Å². The van der Waals surface area contributed by atoms with Crippen LogP contribution in [0, 0.1) is 11.8 Å². The summed E-state index contributed by atoms with van der Waals surface area (Å²) in [6.45, 7) is 4.12. The summed E-state index contributed by atoms with van der Waals surface area (Å²) < 4.78 is 10.5. The van der Waals surface area contributed by atoms with Crippen molar-refractivity contribution in [2.45, 2.75) is 76.5 Å². The molecule has 284 valence electrons. The van der Waals surface area contributed by atoms with E-state index in [9.17, 15) is 9.59 Å².